The molecule has 0 unspecified atom stereocenters. The second-order valence-corrected chi connectivity index (χ2v) is 10.0. The van der Waals surface area contributed by atoms with Crippen LogP contribution in [0.15, 0.2) is 0 Å². The lowest BCUT2D eigenvalue weighted by atomic mass is 10.1. The van der Waals surface area contributed by atoms with E-state index < -0.39 is 0 Å². The van der Waals surface area contributed by atoms with Gasteiger partial charge in [-0.3, -0.25) is 4.79 Å². The van der Waals surface area contributed by atoms with Crippen molar-refractivity contribution in [3.8, 4) is 0 Å². The van der Waals surface area contributed by atoms with Gasteiger partial charge in [0.15, 0.2) is 5.12 Å². The average Bonchev–Trinajstić information content (AvgIpc) is 2.74. The van der Waals surface area contributed by atoms with Crippen LogP contribution in [0.3, 0.4) is 0 Å². The highest BCUT2D eigenvalue weighted by atomic mass is 32.2. The van der Waals surface area contributed by atoms with Gasteiger partial charge in [-0.15, -0.1) is 0 Å². The molecule has 1 N–H and O–H groups in total. The fourth-order valence-corrected chi connectivity index (χ4v) is 4.97. The van der Waals surface area contributed by atoms with Crippen LogP contribution in [-0.2, 0) is 4.79 Å². The van der Waals surface area contributed by atoms with Crippen LogP contribution in [0.5, 0.6) is 0 Å². The molecule has 172 valence electrons. The van der Waals surface area contributed by atoms with Crippen molar-refractivity contribution in [1.29, 1.82) is 0 Å². The van der Waals surface area contributed by atoms with Gasteiger partial charge in [0.2, 0.25) is 0 Å². The maximum absolute atomic E-state index is 11.9. The highest BCUT2D eigenvalue weighted by molar-refractivity contribution is 8.13. The monoisotopic (exact) mass is 426 g/mol. The minimum absolute atomic E-state index is 0.423. The van der Waals surface area contributed by atoms with Crippen molar-refractivity contribution >= 4 is 16.9 Å². The number of rotatable bonds is 20. The molecule has 0 atom stereocenters. The molecule has 0 aliphatic carbocycles. The number of hydrogen-bond acceptors (Lipinski definition) is 4. The zero-order valence-corrected chi connectivity index (χ0v) is 20.3. The Morgan fingerprint density at radius 1 is 0.759 bits per heavy atom. The molecule has 4 heteroatoms. The maximum Gasteiger partial charge on any atom is 0.188 e. The molecule has 1 fully saturated rings. The Balaban J connectivity index is 1.72. The second kappa shape index (κ2) is 21.2. The summed E-state index contributed by atoms with van der Waals surface area (Å²) in [6, 6.07) is 0. The summed E-state index contributed by atoms with van der Waals surface area (Å²) in [5.41, 5.74) is 0. The summed E-state index contributed by atoms with van der Waals surface area (Å²) in [5, 5.41) is 4.02. The Bertz CT molecular complexity index is 359. The molecule has 1 aliphatic heterocycles. The quantitative estimate of drug-likeness (QED) is 0.217. The van der Waals surface area contributed by atoms with Crippen LogP contribution in [0.4, 0.5) is 0 Å². The number of hydrogen-bond donors (Lipinski definition) is 1. The molecule has 3 nitrogen and oxygen atoms in total. The molecule has 0 aromatic rings. The summed E-state index contributed by atoms with van der Waals surface area (Å²) in [4.78, 5) is 14.5. The van der Waals surface area contributed by atoms with E-state index in [2.05, 4.69) is 17.1 Å². The van der Waals surface area contributed by atoms with Gasteiger partial charge in [-0.2, -0.15) is 0 Å². The van der Waals surface area contributed by atoms with Gasteiger partial charge in [-0.05, 0) is 71.2 Å². The Labute approximate surface area is 186 Å². The molecular formula is C25H50N2OS. The largest absolute Gasteiger partial charge is 0.317 e. The molecule has 0 aromatic heterocycles. The van der Waals surface area contributed by atoms with Gasteiger partial charge >= 0.3 is 0 Å². The number of carbonyl (C=O) groups excluding carboxylic acids is 1. The smallest absolute Gasteiger partial charge is 0.188 e. The van der Waals surface area contributed by atoms with Crippen LogP contribution in [0.25, 0.3) is 0 Å². The lowest BCUT2D eigenvalue weighted by Gasteiger charge is -2.26. The Morgan fingerprint density at radius 3 is 2.14 bits per heavy atom. The molecule has 0 amide bonds. The first-order valence-corrected chi connectivity index (χ1v) is 13.9. The van der Waals surface area contributed by atoms with Crippen molar-refractivity contribution in [3.05, 3.63) is 0 Å². The first kappa shape index (κ1) is 27.0. The van der Waals surface area contributed by atoms with Gasteiger partial charge in [0.25, 0.3) is 0 Å². The summed E-state index contributed by atoms with van der Waals surface area (Å²) in [6.07, 6.45) is 21.8. The van der Waals surface area contributed by atoms with Crippen LogP contribution in [0.1, 0.15) is 116 Å². The molecule has 1 heterocycles. The van der Waals surface area contributed by atoms with Crippen LogP contribution in [0.2, 0.25) is 0 Å². The van der Waals surface area contributed by atoms with Gasteiger partial charge < -0.3 is 10.2 Å². The first-order valence-electron chi connectivity index (χ1n) is 12.9. The molecule has 29 heavy (non-hydrogen) atoms. The Hall–Kier alpha value is -0.0600. The Kier molecular flexibility index (Phi) is 19.7. The van der Waals surface area contributed by atoms with Crippen molar-refractivity contribution in [3.63, 3.8) is 0 Å². The first-order chi connectivity index (χ1) is 14.3. The topological polar surface area (TPSA) is 32.3 Å². The number of carbonyl (C=O) groups is 1. The van der Waals surface area contributed by atoms with E-state index in [0.29, 0.717) is 5.12 Å². The number of thioether (sulfide) groups is 1. The van der Waals surface area contributed by atoms with E-state index in [1.54, 1.807) is 11.8 Å². The summed E-state index contributed by atoms with van der Waals surface area (Å²) in [6.45, 7) is 8.50. The van der Waals surface area contributed by atoms with Crippen LogP contribution in [-0.4, -0.2) is 48.5 Å². The number of nitrogens with zero attached hydrogens (tertiary/aromatic N) is 1. The predicted molar refractivity (Wildman–Crippen MR) is 131 cm³/mol. The van der Waals surface area contributed by atoms with Crippen LogP contribution >= 0.6 is 11.8 Å². The molecule has 1 saturated heterocycles. The van der Waals surface area contributed by atoms with Crippen LogP contribution < -0.4 is 5.32 Å². The summed E-state index contributed by atoms with van der Waals surface area (Å²) >= 11 is 1.58. The number of unbranched alkanes of at least 4 members (excludes halogenated alkanes) is 10. The third-order valence-corrected chi connectivity index (χ3v) is 7.04. The van der Waals surface area contributed by atoms with E-state index in [4.69, 9.17) is 0 Å². The van der Waals surface area contributed by atoms with E-state index in [1.807, 2.05) is 0 Å². The standard InChI is InChI=1S/C25H50N2OS/c1-2-3-4-5-6-10-16-24-29-25(28)18-12-8-7-9-13-19-26-20-17-23-27-21-14-11-15-22-27/h26H,2-24H2,1H3. The molecule has 0 bridgehead atoms. The SMILES string of the molecule is CCCCCCCCCSC(=O)CCCCCCCNCCCN1CCCCC1. The lowest BCUT2D eigenvalue weighted by molar-refractivity contribution is -0.111. The van der Waals surface area contributed by atoms with Crippen molar-refractivity contribution in [2.45, 2.75) is 116 Å². The third kappa shape index (κ3) is 18.4. The number of piperidine rings is 1. The van der Waals surface area contributed by atoms with E-state index in [9.17, 15) is 4.79 Å². The number of likely N-dealkylation sites (tertiary alicyclic amines) is 1. The van der Waals surface area contributed by atoms with E-state index in [0.717, 1.165) is 25.1 Å². The fourth-order valence-electron chi connectivity index (χ4n) is 4.10. The normalized spacial score (nSPS) is 15.1. The molecule has 1 aliphatic rings. The van der Waals surface area contributed by atoms with E-state index >= 15 is 0 Å². The average molecular weight is 427 g/mol. The molecule has 0 radical (unpaired) electrons. The van der Waals surface area contributed by atoms with Gasteiger partial charge in [-0.25, -0.2) is 0 Å². The van der Waals surface area contributed by atoms with Gasteiger partial charge in [0.05, 0.1) is 0 Å². The minimum Gasteiger partial charge on any atom is -0.317 e. The maximum atomic E-state index is 11.9. The molecule has 0 aromatic carbocycles. The van der Waals surface area contributed by atoms with Crippen molar-refractivity contribution in [2.24, 2.45) is 0 Å². The van der Waals surface area contributed by atoms with Crippen molar-refractivity contribution in [2.75, 3.05) is 38.5 Å². The molecular weight excluding hydrogens is 376 g/mol. The van der Waals surface area contributed by atoms with Gasteiger partial charge in [0, 0.05) is 12.2 Å². The van der Waals surface area contributed by atoms with Gasteiger partial charge in [0.1, 0.15) is 0 Å². The zero-order valence-electron chi connectivity index (χ0n) is 19.5. The van der Waals surface area contributed by atoms with E-state index in [-0.39, 0.29) is 0 Å². The van der Waals surface area contributed by atoms with Crippen molar-refractivity contribution < 1.29 is 4.79 Å². The third-order valence-electron chi connectivity index (χ3n) is 6.02. The predicted octanol–water partition coefficient (Wildman–Crippen LogP) is 6.80. The van der Waals surface area contributed by atoms with E-state index in [1.165, 1.54) is 122 Å². The Morgan fingerprint density at radius 2 is 1.38 bits per heavy atom. The van der Waals surface area contributed by atoms with Crippen LogP contribution in [0, 0.1) is 0 Å². The summed E-state index contributed by atoms with van der Waals surface area (Å²) in [5.74, 6) is 1.04. The van der Waals surface area contributed by atoms with Crippen molar-refractivity contribution in [1.82, 2.24) is 10.2 Å². The minimum atomic E-state index is 0.423. The summed E-state index contributed by atoms with van der Waals surface area (Å²) in [7, 11) is 0. The molecule has 1 rings (SSSR count). The molecule has 0 saturated carbocycles. The lowest BCUT2D eigenvalue weighted by Crippen LogP contribution is -2.32. The number of nitrogens with one attached hydrogen (secondary N) is 1. The molecule has 0 spiro atoms. The fraction of sp³-hybridized carbons (Fsp3) is 0.960. The highest BCUT2D eigenvalue weighted by Crippen LogP contribution is 2.15. The summed E-state index contributed by atoms with van der Waals surface area (Å²) < 4.78 is 0. The second-order valence-electron chi connectivity index (χ2n) is 8.87. The zero-order chi connectivity index (χ0) is 20.8. The highest BCUT2D eigenvalue weighted by Gasteiger charge is 2.08. The van der Waals surface area contributed by atoms with Gasteiger partial charge in [-0.1, -0.05) is 82.9 Å².